The Bertz CT molecular complexity index is 1690. The van der Waals surface area contributed by atoms with Crippen LogP contribution in [0.1, 0.15) is 73.9 Å². The molecular weight excluding hydrogens is 671 g/mol. The molecule has 266 valence electrons. The number of carbonyl (C=O) groups excluding carboxylic acids is 1. The SMILES string of the molecule is COc1ccc(C(C)C)cc1-c1ccc(C(F)(F)F)cc1CNC(=O)OCC(N=[N+]=[N-])(c1cc(C(F)(F)F)cc(C(F)(F)F)c1)C(C)(C)C. The van der Waals surface area contributed by atoms with E-state index in [1.807, 2.05) is 13.8 Å². The van der Waals surface area contributed by atoms with E-state index in [1.165, 1.54) is 33.9 Å². The lowest BCUT2D eigenvalue weighted by molar-refractivity contribution is -0.143. The third-order valence-electron chi connectivity index (χ3n) is 7.97. The van der Waals surface area contributed by atoms with Gasteiger partial charge in [-0.15, -0.1) is 0 Å². The summed E-state index contributed by atoms with van der Waals surface area (Å²) in [6.07, 6.45) is -16.5. The molecule has 0 saturated carbocycles. The first kappa shape index (κ1) is 38.9. The van der Waals surface area contributed by atoms with Gasteiger partial charge in [-0.3, -0.25) is 0 Å². The summed E-state index contributed by atoms with van der Waals surface area (Å²) in [7, 11) is 1.38. The number of alkyl carbamates (subject to hydrolysis) is 1. The lowest BCUT2D eigenvalue weighted by Crippen LogP contribution is -2.44. The number of nitrogens with one attached hydrogen (secondary N) is 1. The number of ether oxygens (including phenoxy) is 2. The molecule has 49 heavy (non-hydrogen) atoms. The van der Waals surface area contributed by atoms with E-state index in [0.29, 0.717) is 23.4 Å². The number of hydrogen-bond acceptors (Lipinski definition) is 4. The average molecular weight is 705 g/mol. The molecule has 3 aromatic rings. The largest absolute Gasteiger partial charge is 0.496 e. The first-order chi connectivity index (χ1) is 22.4. The van der Waals surface area contributed by atoms with Crippen LogP contribution in [0.25, 0.3) is 21.6 Å². The zero-order chi connectivity index (χ0) is 37.2. The molecule has 0 radical (unpaired) electrons. The standard InChI is InChI=1S/C33H33F9N4O3/c1-18(2)19-7-10-27(48-6)26(12-19)25-9-8-21(31(34,35)36)11-20(25)16-44-28(47)49-17-30(45-46-43,29(3,4)5)22-13-23(32(37,38)39)15-24(14-22)33(40,41)42/h7-15,18H,16-17H2,1-6H3,(H,44,47). The van der Waals surface area contributed by atoms with E-state index in [1.54, 1.807) is 18.2 Å². The van der Waals surface area contributed by atoms with Crippen LogP contribution in [-0.4, -0.2) is 19.8 Å². The third-order valence-corrected chi connectivity index (χ3v) is 7.97. The molecule has 0 saturated heterocycles. The normalized spacial score (nSPS) is 13.8. The van der Waals surface area contributed by atoms with Crippen LogP contribution in [0.15, 0.2) is 59.7 Å². The zero-order valence-electron chi connectivity index (χ0n) is 27.2. The van der Waals surface area contributed by atoms with Crippen molar-refractivity contribution in [3.05, 3.63) is 98.4 Å². The summed E-state index contributed by atoms with van der Waals surface area (Å²) in [4.78, 5) is 15.7. The van der Waals surface area contributed by atoms with Crippen LogP contribution in [0, 0.1) is 5.41 Å². The number of rotatable bonds is 9. The van der Waals surface area contributed by atoms with Gasteiger partial charge in [-0.25, -0.2) is 4.79 Å². The second-order valence-corrected chi connectivity index (χ2v) is 12.5. The molecule has 0 aromatic heterocycles. The Labute approximate surface area is 276 Å². The van der Waals surface area contributed by atoms with Crippen molar-refractivity contribution in [2.75, 3.05) is 13.7 Å². The highest BCUT2D eigenvalue weighted by Gasteiger charge is 2.47. The van der Waals surface area contributed by atoms with E-state index in [2.05, 4.69) is 15.3 Å². The summed E-state index contributed by atoms with van der Waals surface area (Å²) in [6, 6.07) is 8.72. The number of nitrogens with zero attached hydrogens (tertiary/aromatic N) is 3. The lowest BCUT2D eigenvalue weighted by atomic mass is 9.69. The van der Waals surface area contributed by atoms with Gasteiger partial charge in [0.25, 0.3) is 0 Å². The summed E-state index contributed by atoms with van der Waals surface area (Å²) < 4.78 is 134. The van der Waals surface area contributed by atoms with Crippen molar-refractivity contribution in [1.82, 2.24) is 5.32 Å². The van der Waals surface area contributed by atoms with E-state index in [4.69, 9.17) is 9.47 Å². The second kappa shape index (κ2) is 14.1. The van der Waals surface area contributed by atoms with Crippen molar-refractivity contribution < 1.29 is 53.8 Å². The minimum Gasteiger partial charge on any atom is -0.496 e. The van der Waals surface area contributed by atoms with Crippen LogP contribution in [0.2, 0.25) is 0 Å². The number of benzene rings is 3. The van der Waals surface area contributed by atoms with Gasteiger partial charge in [0.15, 0.2) is 0 Å². The van der Waals surface area contributed by atoms with Crippen molar-refractivity contribution in [3.8, 4) is 16.9 Å². The van der Waals surface area contributed by atoms with Gasteiger partial charge in [0.2, 0.25) is 0 Å². The maximum atomic E-state index is 13.7. The monoisotopic (exact) mass is 704 g/mol. The topological polar surface area (TPSA) is 96.3 Å². The van der Waals surface area contributed by atoms with Crippen LogP contribution in [0.4, 0.5) is 44.3 Å². The van der Waals surface area contributed by atoms with Gasteiger partial charge < -0.3 is 14.8 Å². The van der Waals surface area contributed by atoms with Crippen LogP contribution >= 0.6 is 0 Å². The molecule has 0 fully saturated rings. The third kappa shape index (κ3) is 8.91. The number of amides is 1. The van der Waals surface area contributed by atoms with Gasteiger partial charge in [-0.2, -0.15) is 39.5 Å². The Morgan fingerprint density at radius 3 is 1.82 bits per heavy atom. The van der Waals surface area contributed by atoms with Crippen molar-refractivity contribution in [1.29, 1.82) is 0 Å². The smallest absolute Gasteiger partial charge is 0.416 e. The molecule has 1 unspecified atom stereocenters. The van der Waals surface area contributed by atoms with Crippen molar-refractivity contribution in [2.24, 2.45) is 10.5 Å². The predicted octanol–water partition coefficient (Wildman–Crippen LogP) is 11.0. The van der Waals surface area contributed by atoms with Gasteiger partial charge in [0, 0.05) is 17.0 Å². The van der Waals surface area contributed by atoms with Crippen LogP contribution in [-0.2, 0) is 35.3 Å². The van der Waals surface area contributed by atoms with E-state index >= 15 is 0 Å². The first-order valence-corrected chi connectivity index (χ1v) is 14.6. The lowest BCUT2D eigenvalue weighted by Gasteiger charge is -2.41. The maximum absolute atomic E-state index is 13.7. The Balaban J connectivity index is 2.05. The average Bonchev–Trinajstić information content (AvgIpc) is 2.99. The molecule has 16 heteroatoms. The fourth-order valence-electron chi connectivity index (χ4n) is 5.10. The van der Waals surface area contributed by atoms with E-state index < -0.39 is 71.0 Å². The van der Waals surface area contributed by atoms with Gasteiger partial charge in [0.05, 0.1) is 23.8 Å². The summed E-state index contributed by atoms with van der Waals surface area (Å²) in [5, 5.41) is 5.86. The van der Waals surface area contributed by atoms with Crippen LogP contribution < -0.4 is 10.1 Å². The van der Waals surface area contributed by atoms with E-state index in [9.17, 15) is 49.8 Å². The van der Waals surface area contributed by atoms with Gasteiger partial charge >= 0.3 is 24.6 Å². The molecule has 0 bridgehead atoms. The highest BCUT2D eigenvalue weighted by Crippen LogP contribution is 2.47. The highest BCUT2D eigenvalue weighted by atomic mass is 19.4. The molecule has 0 aliphatic carbocycles. The van der Waals surface area contributed by atoms with Crippen molar-refractivity contribution >= 4 is 6.09 Å². The Morgan fingerprint density at radius 2 is 1.35 bits per heavy atom. The molecule has 0 aliphatic rings. The van der Waals surface area contributed by atoms with Crippen LogP contribution in [0.5, 0.6) is 5.75 Å². The fraction of sp³-hybridized carbons (Fsp3) is 0.424. The molecule has 0 heterocycles. The number of methoxy groups -OCH3 is 1. The molecule has 7 nitrogen and oxygen atoms in total. The Hall–Kier alpha value is -4.59. The molecule has 3 aromatic carbocycles. The first-order valence-electron chi connectivity index (χ1n) is 14.6. The molecule has 1 N–H and O–H groups in total. The van der Waals surface area contributed by atoms with Crippen LogP contribution in [0.3, 0.4) is 0 Å². The fourth-order valence-corrected chi connectivity index (χ4v) is 5.10. The number of hydrogen-bond donors (Lipinski definition) is 1. The minimum atomic E-state index is -5.23. The summed E-state index contributed by atoms with van der Waals surface area (Å²) in [5.74, 6) is 0.371. The quantitative estimate of drug-likeness (QED) is 0.104. The predicted molar refractivity (Wildman–Crippen MR) is 162 cm³/mol. The highest BCUT2D eigenvalue weighted by molar-refractivity contribution is 5.75. The minimum absolute atomic E-state index is 0.0178. The molecule has 1 amide bonds. The summed E-state index contributed by atoms with van der Waals surface area (Å²) in [6.45, 7) is 6.28. The molecule has 1 atom stereocenters. The second-order valence-electron chi connectivity index (χ2n) is 12.5. The number of azide groups is 1. The molecule has 0 spiro atoms. The zero-order valence-corrected chi connectivity index (χ0v) is 27.2. The van der Waals surface area contributed by atoms with E-state index in [-0.39, 0.29) is 23.1 Å². The molecule has 3 rings (SSSR count). The number of halogens is 9. The summed E-state index contributed by atoms with van der Waals surface area (Å²) in [5.41, 5.74) is 2.02. The molecule has 0 aliphatic heterocycles. The van der Waals surface area contributed by atoms with Gasteiger partial charge in [-0.05, 0) is 81.6 Å². The molecular formula is C33H33F9N4O3. The number of carbonyl (C=O) groups is 1. The van der Waals surface area contributed by atoms with Gasteiger partial charge in [0.1, 0.15) is 17.9 Å². The Kier molecular flexibility index (Phi) is 11.2. The summed E-state index contributed by atoms with van der Waals surface area (Å²) >= 11 is 0. The van der Waals surface area contributed by atoms with Crippen molar-refractivity contribution in [2.45, 2.75) is 71.1 Å². The van der Waals surface area contributed by atoms with E-state index in [0.717, 1.165) is 17.7 Å². The van der Waals surface area contributed by atoms with Gasteiger partial charge in [-0.1, -0.05) is 51.9 Å². The number of alkyl halides is 9. The Morgan fingerprint density at radius 1 is 0.796 bits per heavy atom. The van der Waals surface area contributed by atoms with Crippen molar-refractivity contribution in [3.63, 3.8) is 0 Å². The maximum Gasteiger partial charge on any atom is 0.416 e.